The molecule has 806 valence electrons. The minimum absolute atomic E-state index is 0.0182. The van der Waals surface area contributed by atoms with Gasteiger partial charge in [0.15, 0.2) is 98.4 Å². The number of rotatable bonds is 27. The number of alkyl halides is 3. The van der Waals surface area contributed by atoms with E-state index in [1.807, 2.05) is 16.9 Å². The number of hydrogen-bond donors (Lipinski definition) is 0. The minimum Gasteiger partial charge on any atom is -0.270 e. The van der Waals surface area contributed by atoms with Crippen molar-refractivity contribution >= 4 is 122 Å². The van der Waals surface area contributed by atoms with Gasteiger partial charge in [0.25, 0.3) is 0 Å². The van der Waals surface area contributed by atoms with Crippen LogP contribution in [0, 0.1) is 51.7 Å². The van der Waals surface area contributed by atoms with Crippen molar-refractivity contribution in [3.8, 4) is 12.1 Å². The molecule has 0 aliphatic heterocycles. The number of nitrogens with zero attached hydrogens (tertiary/aromatic N) is 4. The Morgan fingerprint density at radius 1 is 0.331 bits per heavy atom. The lowest BCUT2D eigenvalue weighted by Crippen LogP contribution is -2.19. The van der Waals surface area contributed by atoms with Crippen molar-refractivity contribution in [1.82, 2.24) is 9.78 Å². The molecular weight excluding hydrogens is 2130 g/mol. The predicted octanol–water partition coefficient (Wildman–Crippen LogP) is 22.8. The van der Waals surface area contributed by atoms with Crippen molar-refractivity contribution in [1.29, 1.82) is 10.5 Å². The van der Waals surface area contributed by atoms with Crippen LogP contribution in [-0.4, -0.2) is 152 Å². The molecule has 0 atom stereocenters. The molecule has 1 heterocycles. The first-order valence-corrected chi connectivity index (χ1v) is 62.2. The van der Waals surface area contributed by atoms with Gasteiger partial charge < -0.3 is 0 Å². The summed E-state index contributed by atoms with van der Waals surface area (Å²) in [5, 5.41) is 17.0. The van der Waals surface area contributed by atoms with Crippen LogP contribution in [0.15, 0.2) is 250 Å². The van der Waals surface area contributed by atoms with Crippen LogP contribution in [0.2, 0.25) is 10.0 Å². The van der Waals surface area contributed by atoms with Crippen molar-refractivity contribution in [2.45, 2.75) is 279 Å². The minimum atomic E-state index is -4.65. The van der Waals surface area contributed by atoms with Crippen LogP contribution in [0.5, 0.6) is 0 Å². The van der Waals surface area contributed by atoms with Crippen molar-refractivity contribution in [3.63, 3.8) is 0 Å². The molecule has 0 aliphatic rings. The maximum absolute atomic E-state index is 13.1. The van der Waals surface area contributed by atoms with E-state index in [0.717, 1.165) is 36.2 Å². The second-order valence-corrected chi connectivity index (χ2v) is 61.2. The molecule has 10 rings (SSSR count). The number of hydrogen-bond acceptors (Lipinski definition) is 23. The molecule has 145 heavy (non-hydrogen) atoms. The Morgan fingerprint density at radius 2 is 0.697 bits per heavy atom. The van der Waals surface area contributed by atoms with Gasteiger partial charge >= 0.3 is 6.18 Å². The molecule has 24 nitrogen and oxygen atoms in total. The zero-order valence-electron chi connectivity index (χ0n) is 85.1. The zero-order chi connectivity index (χ0) is 112. The van der Waals surface area contributed by atoms with Gasteiger partial charge in [-0.15, -0.1) is 0 Å². The number of benzene rings is 9. The summed E-state index contributed by atoms with van der Waals surface area (Å²) in [5.74, 6) is -3.06. The molecule has 0 saturated carbocycles. The fourth-order valence-corrected chi connectivity index (χ4v) is 20.7. The van der Waals surface area contributed by atoms with Crippen molar-refractivity contribution in [2.75, 3.05) is 5.75 Å². The summed E-state index contributed by atoms with van der Waals surface area (Å²) in [6, 6.07) is 55.7. The van der Waals surface area contributed by atoms with Gasteiger partial charge in [-0.2, -0.15) is 28.8 Å². The quantitative estimate of drug-likeness (QED) is 0.0431. The summed E-state index contributed by atoms with van der Waals surface area (Å²) < 4.78 is 333. The van der Waals surface area contributed by atoms with E-state index < -0.39 is 180 Å². The van der Waals surface area contributed by atoms with Crippen LogP contribution in [0.25, 0.3) is 0 Å². The molecule has 1 aromatic heterocycles. The van der Waals surface area contributed by atoms with E-state index in [1.165, 1.54) is 161 Å². The smallest absolute Gasteiger partial charge is 0.270 e. The molecule has 0 radical (unpaired) electrons. The highest BCUT2D eigenvalue weighted by Gasteiger charge is 2.38. The lowest BCUT2D eigenvalue weighted by atomic mass is 10.2. The third-order valence-electron chi connectivity index (χ3n) is 20.2. The van der Waals surface area contributed by atoms with Crippen LogP contribution in [-0.2, 0) is 140 Å². The first-order valence-electron chi connectivity index (χ1n) is 44.9. The first kappa shape index (κ1) is 136. The maximum Gasteiger partial charge on any atom is 0.417 e. The average Bonchev–Trinajstić information content (AvgIpc) is 0.923. The highest BCUT2D eigenvalue weighted by molar-refractivity contribution is 7.94. The lowest BCUT2D eigenvalue weighted by Gasteiger charge is -2.14. The van der Waals surface area contributed by atoms with Gasteiger partial charge in [0.05, 0.1) is 125 Å². The molecule has 9 aromatic carbocycles. The second kappa shape index (κ2) is 61.6. The molecule has 0 spiro atoms. The van der Waals surface area contributed by atoms with Gasteiger partial charge in [0.1, 0.15) is 39.7 Å². The van der Waals surface area contributed by atoms with E-state index in [4.69, 9.17) is 33.7 Å². The Hall–Kier alpha value is -9.31. The van der Waals surface area contributed by atoms with Crippen molar-refractivity contribution in [3.05, 3.63) is 314 Å². The summed E-state index contributed by atoms with van der Waals surface area (Å²) in [4.78, 5) is -0.559. The summed E-state index contributed by atoms with van der Waals surface area (Å²) in [6.07, 6.45) is 0.454. The van der Waals surface area contributed by atoms with E-state index in [-0.39, 0.29) is 71.1 Å². The zero-order valence-corrected chi connectivity index (χ0v) is 94.7. The lowest BCUT2D eigenvalue weighted by molar-refractivity contribution is -0.139. The van der Waals surface area contributed by atoms with Crippen LogP contribution >= 0.6 is 23.2 Å². The van der Waals surface area contributed by atoms with Gasteiger partial charge in [-0.05, 0) is 302 Å². The molecule has 0 bridgehead atoms. The molecule has 0 unspecified atom stereocenters. The fraction of sp³-hybridized carbons (Fsp3) is 0.416. The average molecular weight is 2270 g/mol. The van der Waals surface area contributed by atoms with Crippen molar-refractivity contribution in [2.24, 2.45) is 0 Å². The normalized spacial score (nSPS) is 11.9. The molecule has 0 fully saturated rings. The van der Waals surface area contributed by atoms with E-state index in [0.29, 0.717) is 38.3 Å². The number of sulfone groups is 10. The molecule has 10 aromatic rings. The molecule has 44 heteroatoms. The Balaban J connectivity index is 0.00000158. The third-order valence-corrected chi connectivity index (χ3v) is 42.3. The number of aromatic nitrogens is 2. The molecule has 0 N–H and O–H groups in total. The molecular formula is C101H132Cl2F8N4O20S10. The van der Waals surface area contributed by atoms with E-state index in [1.54, 1.807) is 184 Å². The highest BCUT2D eigenvalue weighted by Crippen LogP contribution is 2.36. The van der Waals surface area contributed by atoms with Gasteiger partial charge in [-0.3, -0.25) is 4.68 Å². The van der Waals surface area contributed by atoms with Gasteiger partial charge in [0, 0.05) is 27.8 Å². The van der Waals surface area contributed by atoms with Crippen molar-refractivity contribution < 1.29 is 119 Å². The van der Waals surface area contributed by atoms with Crippen LogP contribution in [0.4, 0.5) is 35.1 Å². The van der Waals surface area contributed by atoms with Crippen LogP contribution in [0.1, 0.15) is 210 Å². The van der Waals surface area contributed by atoms with E-state index >= 15 is 0 Å². The number of halogens is 10. The van der Waals surface area contributed by atoms with Gasteiger partial charge in [-0.1, -0.05) is 133 Å². The first-order chi connectivity index (χ1) is 66.4. The summed E-state index contributed by atoms with van der Waals surface area (Å²) in [5.41, 5.74) is 3.44. The monoisotopic (exact) mass is 2260 g/mol. The second-order valence-electron chi connectivity index (χ2n) is 35.0. The van der Waals surface area contributed by atoms with E-state index in [9.17, 15) is 119 Å². The molecule has 0 amide bonds. The third kappa shape index (κ3) is 48.7. The Morgan fingerprint density at radius 3 is 1.06 bits per heavy atom. The number of aryl methyl sites for hydroxylation is 1. The Labute approximate surface area is 865 Å². The standard InChI is InChI=1S/2C10H13ClO2S.C10H11F3O2S.3C10H13FO2S.C10H11NO2S.2C9H11FO2S.C8H14N2.C5H9NO2S/c1-8(2)14(12,13)7-9-4-3-5-10(11)6-9;1-8(2)14(12,13)7-9-5-3-4-6-10(9)11;1-7(2)16(14,15)9-6-4-3-5-8(9)10(11,12)13;1-8(2)14(12,13)7-9-3-5-10(11)6-4-9;1-8(2)14(12,13)7-9-4-3-5-10(11)6-9;1-8(2)14(12,13)7-9-5-3-4-6-10(9)11;1-8(2)14(12,13)10-5-3-9(7-11)4-6-10;1-7(2)13(11,12)9-5-3-4-8(10)6-9;1-7(2)13(11,12)9-6-4-3-5-8(9)10;1-4-8-5-9-10(6-8)7(2)3;1-5(2)9(7,8)4-3-6/h2*3-6,8H,7H2,1-2H3;3-7H,1-2H3;3*3-6,8H,7H2,1-2H3;3-6,8H,1-2H3;2*3-7H,1-2H3;5-7H,4H2,1-3H3;5H,4H2,1-2H3. The predicted molar refractivity (Wildman–Crippen MR) is 562 cm³/mol. The fourth-order valence-electron chi connectivity index (χ4n) is 10.2. The SMILES string of the molecule is CC(C)S(=O)(=O)CC#N.CC(C)S(=O)(=O)Cc1ccc(F)cc1.CC(C)S(=O)(=O)Cc1cccc(Cl)c1.CC(C)S(=O)(=O)Cc1cccc(F)c1.CC(C)S(=O)(=O)Cc1ccccc1Cl.CC(C)S(=O)(=O)Cc1ccccc1F.CC(C)S(=O)(=O)c1ccc(C#N)cc1.CC(C)S(=O)(=O)c1cccc(F)c1.CC(C)S(=O)(=O)c1ccccc1C(F)(F)F.CC(C)S(=O)(=O)c1ccccc1F.CCc1cnn(C(C)C)c1. The highest BCUT2D eigenvalue weighted by atomic mass is 35.5. The summed E-state index contributed by atoms with van der Waals surface area (Å²) >= 11 is 11.6. The van der Waals surface area contributed by atoms with E-state index in [2.05, 4.69) is 32.1 Å². The molecule has 0 saturated heterocycles. The van der Waals surface area contributed by atoms with Gasteiger partial charge in [-0.25, -0.2) is 106 Å². The van der Waals surface area contributed by atoms with Gasteiger partial charge in [0.2, 0.25) is 0 Å². The number of nitriles is 2. The topological polar surface area (TPSA) is 407 Å². The summed E-state index contributed by atoms with van der Waals surface area (Å²) in [6.45, 7) is 38.1. The summed E-state index contributed by atoms with van der Waals surface area (Å²) in [7, 11) is -32.6. The Kier molecular flexibility index (Phi) is 57.6. The largest absolute Gasteiger partial charge is 0.417 e. The van der Waals surface area contributed by atoms with Crippen LogP contribution < -0.4 is 0 Å². The molecule has 0 aliphatic carbocycles. The Bertz CT molecular complexity index is 6930. The van der Waals surface area contributed by atoms with Crippen LogP contribution in [0.3, 0.4) is 0 Å². The maximum atomic E-state index is 13.1.